The predicted octanol–water partition coefficient (Wildman–Crippen LogP) is 2.49. The van der Waals surface area contributed by atoms with Gasteiger partial charge < -0.3 is 15.4 Å². The Labute approximate surface area is 121 Å². The number of anilines is 1. The summed E-state index contributed by atoms with van der Waals surface area (Å²) in [6, 6.07) is 8.39. The molecule has 0 aliphatic rings. The van der Waals surface area contributed by atoms with E-state index < -0.39 is 5.54 Å². The number of esters is 1. The average Bonchev–Trinajstić information content (AvgIpc) is 2.40. The molecule has 1 rings (SSSR count). The molecule has 2 unspecified atom stereocenters. The van der Waals surface area contributed by atoms with E-state index in [0.29, 0.717) is 6.42 Å². The van der Waals surface area contributed by atoms with Gasteiger partial charge in [0.25, 0.3) is 0 Å². The minimum Gasteiger partial charge on any atom is -0.468 e. The second-order valence-electron chi connectivity index (χ2n) is 5.53. The first-order chi connectivity index (χ1) is 9.33. The molecule has 0 amide bonds. The van der Waals surface area contributed by atoms with Crippen LogP contribution < -0.4 is 10.6 Å². The summed E-state index contributed by atoms with van der Waals surface area (Å²) in [5.74, 6) is -0.370. The normalized spacial score (nSPS) is 15.3. The fraction of sp³-hybridized carbons (Fsp3) is 0.562. The van der Waals surface area contributed by atoms with Crippen LogP contribution in [0.1, 0.15) is 32.8 Å². The molecule has 0 radical (unpaired) electrons. The molecule has 4 heteroatoms. The molecule has 0 bridgehead atoms. The Hall–Kier alpha value is -1.55. The number of carbonyl (C=O) groups is 1. The molecule has 4 nitrogen and oxygen atoms in total. The Kier molecular flexibility index (Phi) is 5.57. The number of hydrogen-bond donors (Lipinski definition) is 1. The van der Waals surface area contributed by atoms with Crippen molar-refractivity contribution in [1.82, 2.24) is 0 Å². The topological polar surface area (TPSA) is 55.6 Å². The van der Waals surface area contributed by atoms with Crippen LogP contribution in [0.15, 0.2) is 24.3 Å². The summed E-state index contributed by atoms with van der Waals surface area (Å²) in [6.45, 7) is 8.87. The van der Waals surface area contributed by atoms with Crippen LogP contribution in [-0.4, -0.2) is 31.2 Å². The van der Waals surface area contributed by atoms with Crippen LogP contribution in [0.4, 0.5) is 5.69 Å². The van der Waals surface area contributed by atoms with E-state index in [2.05, 4.69) is 37.8 Å². The number of aryl methyl sites for hydroxylation is 1. The average molecular weight is 278 g/mol. The Morgan fingerprint density at radius 3 is 2.55 bits per heavy atom. The largest absolute Gasteiger partial charge is 0.468 e. The van der Waals surface area contributed by atoms with Crippen LogP contribution in [-0.2, 0) is 9.53 Å². The number of carbonyl (C=O) groups excluding carboxylic acids is 1. The highest BCUT2D eigenvalue weighted by molar-refractivity contribution is 5.80. The summed E-state index contributed by atoms with van der Waals surface area (Å²) in [7, 11) is 1.37. The lowest BCUT2D eigenvalue weighted by atomic mass is 9.93. The summed E-state index contributed by atoms with van der Waals surface area (Å²) in [6.07, 6.45) is 0.543. The molecule has 1 aromatic rings. The van der Waals surface area contributed by atoms with Crippen molar-refractivity contribution in [3.8, 4) is 0 Å². The van der Waals surface area contributed by atoms with Crippen molar-refractivity contribution in [2.75, 3.05) is 18.6 Å². The van der Waals surface area contributed by atoms with E-state index in [9.17, 15) is 4.79 Å². The Morgan fingerprint density at radius 2 is 2.05 bits per heavy atom. The first-order valence-electron chi connectivity index (χ1n) is 7.03. The van der Waals surface area contributed by atoms with Gasteiger partial charge in [0.1, 0.15) is 5.54 Å². The molecule has 0 aliphatic carbocycles. The van der Waals surface area contributed by atoms with E-state index in [1.54, 1.807) is 6.92 Å². The highest BCUT2D eigenvalue weighted by atomic mass is 16.5. The zero-order valence-corrected chi connectivity index (χ0v) is 13.1. The molecule has 0 aromatic heterocycles. The molecule has 1 aromatic carbocycles. The van der Waals surface area contributed by atoms with Crippen LogP contribution in [0.3, 0.4) is 0 Å². The van der Waals surface area contributed by atoms with Crippen molar-refractivity contribution in [3.63, 3.8) is 0 Å². The third kappa shape index (κ3) is 3.73. The van der Waals surface area contributed by atoms with Crippen molar-refractivity contribution in [2.45, 2.75) is 45.7 Å². The predicted molar refractivity (Wildman–Crippen MR) is 82.9 cm³/mol. The second-order valence-corrected chi connectivity index (χ2v) is 5.53. The van der Waals surface area contributed by atoms with Gasteiger partial charge in [-0.15, -0.1) is 0 Å². The number of hydrogen-bond acceptors (Lipinski definition) is 4. The van der Waals surface area contributed by atoms with Crippen LogP contribution in [0.25, 0.3) is 0 Å². The lowest BCUT2D eigenvalue weighted by Gasteiger charge is -2.35. The van der Waals surface area contributed by atoms with Crippen molar-refractivity contribution in [1.29, 1.82) is 0 Å². The maximum absolute atomic E-state index is 11.7. The quantitative estimate of drug-likeness (QED) is 0.812. The Morgan fingerprint density at radius 1 is 1.45 bits per heavy atom. The van der Waals surface area contributed by atoms with Crippen molar-refractivity contribution in [2.24, 2.45) is 5.73 Å². The van der Waals surface area contributed by atoms with Gasteiger partial charge >= 0.3 is 5.97 Å². The Bertz CT molecular complexity index is 458. The number of methoxy groups -OCH3 is 1. The van der Waals surface area contributed by atoms with Crippen LogP contribution in [0.2, 0.25) is 0 Å². The summed E-state index contributed by atoms with van der Waals surface area (Å²) in [5, 5.41) is 0. The van der Waals surface area contributed by atoms with E-state index in [1.807, 2.05) is 12.1 Å². The SMILES string of the molecule is CCN(c1ccccc1C)C(C)CC(C)(N)C(=O)OC. The van der Waals surface area contributed by atoms with Gasteiger partial charge in [-0.05, 0) is 45.7 Å². The molecular formula is C16H26N2O2. The van der Waals surface area contributed by atoms with Crippen molar-refractivity contribution < 1.29 is 9.53 Å². The Balaban J connectivity index is 2.91. The molecule has 2 N–H and O–H groups in total. The van der Waals surface area contributed by atoms with Crippen LogP contribution in [0.5, 0.6) is 0 Å². The number of nitrogens with zero attached hydrogens (tertiary/aromatic N) is 1. The van der Waals surface area contributed by atoms with Crippen molar-refractivity contribution in [3.05, 3.63) is 29.8 Å². The fourth-order valence-corrected chi connectivity index (χ4v) is 2.65. The minimum absolute atomic E-state index is 0.148. The highest BCUT2D eigenvalue weighted by Crippen LogP contribution is 2.25. The van der Waals surface area contributed by atoms with Crippen molar-refractivity contribution >= 4 is 11.7 Å². The van der Waals surface area contributed by atoms with E-state index >= 15 is 0 Å². The molecular weight excluding hydrogens is 252 g/mol. The second kappa shape index (κ2) is 6.75. The summed E-state index contributed by atoms with van der Waals surface area (Å²) >= 11 is 0. The molecule has 0 aliphatic heterocycles. The van der Waals surface area contributed by atoms with Gasteiger partial charge in [0.2, 0.25) is 0 Å². The minimum atomic E-state index is -0.968. The van der Waals surface area contributed by atoms with E-state index in [0.717, 1.165) is 6.54 Å². The van der Waals surface area contributed by atoms with Gasteiger partial charge in [0, 0.05) is 18.3 Å². The molecule has 2 atom stereocenters. The molecule has 0 saturated heterocycles. The first-order valence-corrected chi connectivity index (χ1v) is 7.03. The molecule has 20 heavy (non-hydrogen) atoms. The number of rotatable bonds is 6. The monoisotopic (exact) mass is 278 g/mol. The number of benzene rings is 1. The highest BCUT2D eigenvalue weighted by Gasteiger charge is 2.33. The van der Waals surface area contributed by atoms with E-state index in [1.165, 1.54) is 18.4 Å². The number of ether oxygens (including phenoxy) is 1. The standard InChI is InChI=1S/C16H26N2O2/c1-6-18(14-10-8-7-9-12(14)2)13(3)11-16(4,17)15(19)20-5/h7-10,13H,6,11,17H2,1-5H3. The zero-order valence-electron chi connectivity index (χ0n) is 13.1. The van der Waals surface area contributed by atoms with E-state index in [-0.39, 0.29) is 12.0 Å². The van der Waals surface area contributed by atoms with Gasteiger partial charge in [-0.1, -0.05) is 18.2 Å². The first kappa shape index (κ1) is 16.5. The van der Waals surface area contributed by atoms with Gasteiger partial charge in [-0.2, -0.15) is 0 Å². The zero-order chi connectivity index (χ0) is 15.3. The third-order valence-corrected chi connectivity index (χ3v) is 3.67. The number of para-hydroxylation sites is 1. The van der Waals surface area contributed by atoms with E-state index in [4.69, 9.17) is 10.5 Å². The number of nitrogens with two attached hydrogens (primary N) is 1. The molecule has 0 saturated carbocycles. The van der Waals surface area contributed by atoms with Gasteiger partial charge in [0.15, 0.2) is 0 Å². The van der Waals surface area contributed by atoms with Gasteiger partial charge in [0.05, 0.1) is 7.11 Å². The maximum Gasteiger partial charge on any atom is 0.325 e. The summed E-state index contributed by atoms with van der Waals surface area (Å²) in [4.78, 5) is 14.0. The molecule has 0 heterocycles. The van der Waals surface area contributed by atoms with Crippen LogP contribution in [0, 0.1) is 6.92 Å². The molecule has 0 fully saturated rings. The molecule has 112 valence electrons. The lowest BCUT2D eigenvalue weighted by Crippen LogP contribution is -2.51. The lowest BCUT2D eigenvalue weighted by molar-refractivity contribution is -0.146. The van der Waals surface area contributed by atoms with Gasteiger partial charge in [-0.25, -0.2) is 0 Å². The fourth-order valence-electron chi connectivity index (χ4n) is 2.65. The summed E-state index contributed by atoms with van der Waals surface area (Å²) < 4.78 is 4.78. The maximum atomic E-state index is 11.7. The molecule has 0 spiro atoms. The smallest absolute Gasteiger partial charge is 0.325 e. The van der Waals surface area contributed by atoms with Crippen LogP contribution >= 0.6 is 0 Å². The summed E-state index contributed by atoms with van der Waals surface area (Å²) in [5.41, 5.74) is 7.51. The third-order valence-electron chi connectivity index (χ3n) is 3.67. The van der Waals surface area contributed by atoms with Gasteiger partial charge in [-0.3, -0.25) is 4.79 Å².